The van der Waals surface area contributed by atoms with Gasteiger partial charge in [-0.1, -0.05) is 55.3 Å². The fourth-order valence-electron chi connectivity index (χ4n) is 3.86. The molecule has 0 spiro atoms. The summed E-state index contributed by atoms with van der Waals surface area (Å²) in [6.45, 7) is 6.03. The molecule has 0 aromatic heterocycles. The molecule has 1 saturated carbocycles. The molecule has 1 aliphatic rings. The van der Waals surface area contributed by atoms with E-state index in [1.54, 1.807) is 24.3 Å². The second kappa shape index (κ2) is 8.91. The van der Waals surface area contributed by atoms with E-state index in [0.717, 1.165) is 17.0 Å². The number of hydrazone groups is 1. The molecular formula is C23H30N2O2S. The quantitative estimate of drug-likeness (QED) is 0.524. The normalized spacial score (nSPS) is 20.8. The standard InChI is InChI=1S/C23H30N2O2S/c1-4-19-7-9-21(10-8-19)22-13-11-20(12-14-22)18(3)24-25-28(26,27)23-15-5-17(2)6-16-23/h5-6,11-16,19,21,25H,4,7-10H2,1-3H3/b24-18-. The minimum Gasteiger partial charge on any atom is -0.200 e. The zero-order chi connectivity index (χ0) is 20.1. The fourth-order valence-corrected chi connectivity index (χ4v) is 4.72. The Kier molecular flexibility index (Phi) is 6.55. The molecule has 0 unspecified atom stereocenters. The van der Waals surface area contributed by atoms with E-state index in [-0.39, 0.29) is 4.90 Å². The number of nitrogens with zero attached hydrogens (tertiary/aromatic N) is 1. The lowest BCUT2D eigenvalue weighted by atomic mass is 9.78. The largest absolute Gasteiger partial charge is 0.276 e. The Morgan fingerprint density at radius 1 is 1.00 bits per heavy atom. The molecule has 28 heavy (non-hydrogen) atoms. The van der Waals surface area contributed by atoms with Crippen LogP contribution in [-0.4, -0.2) is 14.1 Å². The third-order valence-electron chi connectivity index (χ3n) is 5.89. The van der Waals surface area contributed by atoms with Crippen molar-refractivity contribution in [1.82, 2.24) is 4.83 Å². The highest BCUT2D eigenvalue weighted by Crippen LogP contribution is 2.36. The molecule has 0 heterocycles. The Morgan fingerprint density at radius 2 is 1.61 bits per heavy atom. The van der Waals surface area contributed by atoms with Crippen molar-refractivity contribution in [2.75, 3.05) is 0 Å². The van der Waals surface area contributed by atoms with Crippen molar-refractivity contribution in [2.24, 2.45) is 11.0 Å². The maximum atomic E-state index is 12.4. The monoisotopic (exact) mass is 398 g/mol. The molecule has 0 aliphatic heterocycles. The van der Waals surface area contributed by atoms with E-state index in [0.29, 0.717) is 11.6 Å². The molecule has 1 aliphatic carbocycles. The Morgan fingerprint density at radius 3 is 2.18 bits per heavy atom. The van der Waals surface area contributed by atoms with E-state index in [1.807, 2.05) is 26.0 Å². The molecule has 0 atom stereocenters. The Labute approximate surface area is 169 Å². The predicted octanol–water partition coefficient (Wildman–Crippen LogP) is 5.38. The maximum absolute atomic E-state index is 12.4. The predicted molar refractivity (Wildman–Crippen MR) is 115 cm³/mol. The average Bonchev–Trinajstić information content (AvgIpc) is 2.72. The first-order valence-electron chi connectivity index (χ1n) is 10.1. The molecule has 0 saturated heterocycles. The zero-order valence-electron chi connectivity index (χ0n) is 17.0. The molecule has 1 fully saturated rings. The first-order valence-corrected chi connectivity index (χ1v) is 11.6. The summed E-state index contributed by atoms with van der Waals surface area (Å²) in [7, 11) is -3.65. The van der Waals surface area contributed by atoms with Gasteiger partial charge in [-0.25, -0.2) is 0 Å². The van der Waals surface area contributed by atoms with Crippen LogP contribution in [-0.2, 0) is 10.0 Å². The SMILES string of the molecule is CCC1CCC(c2ccc(/C(C)=N\NS(=O)(=O)c3ccc(C)cc3)cc2)CC1. The molecule has 4 nitrogen and oxygen atoms in total. The lowest BCUT2D eigenvalue weighted by Gasteiger charge is -2.28. The molecule has 0 amide bonds. The third-order valence-corrected chi connectivity index (χ3v) is 7.11. The summed E-state index contributed by atoms with van der Waals surface area (Å²) in [5, 5.41) is 4.11. The van der Waals surface area contributed by atoms with E-state index >= 15 is 0 Å². The smallest absolute Gasteiger partial charge is 0.200 e. The van der Waals surface area contributed by atoms with Gasteiger partial charge in [0.05, 0.1) is 10.6 Å². The van der Waals surface area contributed by atoms with Crippen molar-refractivity contribution < 1.29 is 8.42 Å². The van der Waals surface area contributed by atoms with Gasteiger partial charge in [-0.2, -0.15) is 18.4 Å². The van der Waals surface area contributed by atoms with Gasteiger partial charge in [0.2, 0.25) is 0 Å². The molecule has 150 valence electrons. The van der Waals surface area contributed by atoms with Crippen LogP contribution in [0.3, 0.4) is 0 Å². The van der Waals surface area contributed by atoms with Crippen LogP contribution >= 0.6 is 0 Å². The van der Waals surface area contributed by atoms with Crippen molar-refractivity contribution in [2.45, 2.75) is 63.7 Å². The highest BCUT2D eigenvalue weighted by atomic mass is 32.2. The van der Waals surface area contributed by atoms with Crippen LogP contribution in [0.5, 0.6) is 0 Å². The molecule has 2 aromatic carbocycles. The van der Waals surface area contributed by atoms with Crippen LogP contribution in [0.1, 0.15) is 68.6 Å². The number of hydrogen-bond donors (Lipinski definition) is 1. The minimum absolute atomic E-state index is 0.215. The van der Waals surface area contributed by atoms with Gasteiger partial charge in [0.1, 0.15) is 0 Å². The summed E-state index contributed by atoms with van der Waals surface area (Å²) in [4.78, 5) is 2.56. The lowest BCUT2D eigenvalue weighted by molar-refractivity contribution is 0.319. The number of rotatable bonds is 6. The van der Waals surface area contributed by atoms with Gasteiger partial charge in [-0.05, 0) is 74.6 Å². The van der Waals surface area contributed by atoms with Gasteiger partial charge in [-0.15, -0.1) is 0 Å². The van der Waals surface area contributed by atoms with Crippen LogP contribution in [0.4, 0.5) is 0 Å². The number of hydrogen-bond acceptors (Lipinski definition) is 3. The van der Waals surface area contributed by atoms with E-state index in [4.69, 9.17) is 0 Å². The van der Waals surface area contributed by atoms with Gasteiger partial charge >= 0.3 is 0 Å². The van der Waals surface area contributed by atoms with Gasteiger partial charge in [0.15, 0.2) is 0 Å². The number of sulfonamides is 1. The molecule has 1 N–H and O–H groups in total. The maximum Gasteiger partial charge on any atom is 0.276 e. The zero-order valence-corrected chi connectivity index (χ0v) is 17.8. The van der Waals surface area contributed by atoms with Crippen molar-refractivity contribution >= 4 is 15.7 Å². The summed E-state index contributed by atoms with van der Waals surface area (Å²) in [5.41, 5.74) is 3.97. The minimum atomic E-state index is -3.65. The third kappa shape index (κ3) is 5.02. The van der Waals surface area contributed by atoms with Crippen LogP contribution in [0.25, 0.3) is 0 Å². The second-order valence-electron chi connectivity index (χ2n) is 7.85. The highest BCUT2D eigenvalue weighted by molar-refractivity contribution is 7.89. The highest BCUT2D eigenvalue weighted by Gasteiger charge is 2.21. The van der Waals surface area contributed by atoms with E-state index in [1.165, 1.54) is 37.7 Å². The van der Waals surface area contributed by atoms with Crippen molar-refractivity contribution in [3.05, 3.63) is 65.2 Å². The van der Waals surface area contributed by atoms with E-state index in [2.05, 4.69) is 29.0 Å². The average molecular weight is 399 g/mol. The Balaban J connectivity index is 1.65. The summed E-state index contributed by atoms with van der Waals surface area (Å²) >= 11 is 0. The van der Waals surface area contributed by atoms with Gasteiger partial charge < -0.3 is 0 Å². The first kappa shape index (κ1) is 20.6. The van der Waals surface area contributed by atoms with Crippen LogP contribution in [0, 0.1) is 12.8 Å². The van der Waals surface area contributed by atoms with Crippen LogP contribution in [0.2, 0.25) is 0 Å². The number of aryl methyl sites for hydroxylation is 1. The topological polar surface area (TPSA) is 58.5 Å². The summed E-state index contributed by atoms with van der Waals surface area (Å²) in [6.07, 6.45) is 6.47. The van der Waals surface area contributed by atoms with Crippen molar-refractivity contribution in [3.8, 4) is 0 Å². The Hall–Kier alpha value is -2.14. The summed E-state index contributed by atoms with van der Waals surface area (Å²) < 4.78 is 24.7. The van der Waals surface area contributed by atoms with Crippen LogP contribution < -0.4 is 4.83 Å². The first-order chi connectivity index (χ1) is 13.4. The molecule has 2 aromatic rings. The van der Waals surface area contributed by atoms with Gasteiger partial charge in [-0.3, -0.25) is 0 Å². The van der Waals surface area contributed by atoms with Gasteiger partial charge in [0, 0.05) is 0 Å². The molecule has 3 rings (SSSR count). The molecule has 5 heteroatoms. The number of benzene rings is 2. The molecular weight excluding hydrogens is 368 g/mol. The molecule has 0 bridgehead atoms. The van der Waals surface area contributed by atoms with E-state index in [9.17, 15) is 8.42 Å². The van der Waals surface area contributed by atoms with Crippen molar-refractivity contribution in [3.63, 3.8) is 0 Å². The molecule has 0 radical (unpaired) electrons. The fraction of sp³-hybridized carbons (Fsp3) is 0.435. The number of nitrogens with one attached hydrogen (secondary N) is 1. The van der Waals surface area contributed by atoms with Crippen LogP contribution in [0.15, 0.2) is 58.5 Å². The Bertz CT molecular complexity index is 908. The van der Waals surface area contributed by atoms with Crippen molar-refractivity contribution in [1.29, 1.82) is 0 Å². The van der Waals surface area contributed by atoms with E-state index < -0.39 is 10.0 Å². The summed E-state index contributed by atoms with van der Waals surface area (Å²) in [5.74, 6) is 1.54. The second-order valence-corrected chi connectivity index (χ2v) is 9.51. The van der Waals surface area contributed by atoms with Gasteiger partial charge in [0.25, 0.3) is 10.0 Å². The summed E-state index contributed by atoms with van der Waals surface area (Å²) in [6, 6.07) is 15.1. The lowest BCUT2D eigenvalue weighted by Crippen LogP contribution is -2.20.